The van der Waals surface area contributed by atoms with E-state index in [-0.39, 0.29) is 0 Å². The van der Waals surface area contributed by atoms with Gasteiger partial charge in [-0.3, -0.25) is 4.98 Å². The number of aryl methyl sites for hydroxylation is 1. The first kappa shape index (κ1) is 14.5. The van der Waals surface area contributed by atoms with E-state index in [0.29, 0.717) is 0 Å². The summed E-state index contributed by atoms with van der Waals surface area (Å²) in [5.74, 6) is 1.67. The molecule has 3 nitrogen and oxygen atoms in total. The molecule has 0 atom stereocenters. The van der Waals surface area contributed by atoms with Crippen LogP contribution in [0.15, 0.2) is 42.7 Å². The number of ether oxygens (including phenoxy) is 1. The minimum absolute atomic E-state index is 0.804. The molecule has 0 saturated carbocycles. The first-order valence-corrected chi connectivity index (χ1v) is 7.24. The molecule has 0 bridgehead atoms. The van der Waals surface area contributed by atoms with Gasteiger partial charge in [0.25, 0.3) is 0 Å². The van der Waals surface area contributed by atoms with Crippen molar-refractivity contribution >= 4 is 0 Å². The molecule has 0 aliphatic carbocycles. The highest BCUT2D eigenvalue weighted by Crippen LogP contribution is 2.24. The van der Waals surface area contributed by atoms with Crippen LogP contribution in [0.1, 0.15) is 31.4 Å². The van der Waals surface area contributed by atoms with Gasteiger partial charge in [0.1, 0.15) is 11.5 Å². The summed E-state index contributed by atoms with van der Waals surface area (Å²) in [6, 6.07) is 10.2. The standard InChI is InChI=1S/C17H22N2O/c1-3-10-18-12-15-9-11-19-13-17(15)20-16-7-5-14(4-2)6-8-16/h5-9,11,13,18H,3-4,10,12H2,1-2H3. The maximum absolute atomic E-state index is 5.94. The second-order valence-corrected chi connectivity index (χ2v) is 4.76. The van der Waals surface area contributed by atoms with Crippen LogP contribution in [0.25, 0.3) is 0 Å². The quantitative estimate of drug-likeness (QED) is 0.774. The summed E-state index contributed by atoms with van der Waals surface area (Å²) in [6.45, 7) is 6.12. The summed E-state index contributed by atoms with van der Waals surface area (Å²) in [6.07, 6.45) is 5.74. The van der Waals surface area contributed by atoms with Crippen molar-refractivity contribution in [3.63, 3.8) is 0 Å². The molecule has 1 N–H and O–H groups in total. The third-order valence-corrected chi connectivity index (χ3v) is 3.17. The Labute approximate surface area is 121 Å². The van der Waals surface area contributed by atoms with E-state index in [4.69, 9.17) is 4.74 Å². The Morgan fingerprint density at radius 3 is 2.60 bits per heavy atom. The molecule has 2 aromatic rings. The Hall–Kier alpha value is -1.87. The minimum Gasteiger partial charge on any atom is -0.455 e. The Kier molecular flexibility index (Phi) is 5.56. The zero-order valence-electron chi connectivity index (χ0n) is 12.2. The Balaban J connectivity index is 2.07. The average molecular weight is 270 g/mol. The second kappa shape index (κ2) is 7.65. The number of hydrogen-bond acceptors (Lipinski definition) is 3. The SMILES string of the molecule is CCCNCc1ccncc1Oc1ccc(CC)cc1. The molecule has 3 heteroatoms. The fourth-order valence-electron chi connectivity index (χ4n) is 1.97. The van der Waals surface area contributed by atoms with Gasteiger partial charge in [0.2, 0.25) is 0 Å². The van der Waals surface area contributed by atoms with Crippen molar-refractivity contribution < 1.29 is 4.74 Å². The lowest BCUT2D eigenvalue weighted by molar-refractivity contribution is 0.470. The van der Waals surface area contributed by atoms with E-state index in [0.717, 1.165) is 43.0 Å². The summed E-state index contributed by atoms with van der Waals surface area (Å²) >= 11 is 0. The summed E-state index contributed by atoms with van der Waals surface area (Å²) in [5.41, 5.74) is 2.45. The van der Waals surface area contributed by atoms with Crippen LogP contribution in [0.5, 0.6) is 11.5 Å². The number of nitrogens with zero attached hydrogens (tertiary/aromatic N) is 1. The zero-order chi connectivity index (χ0) is 14.2. The largest absolute Gasteiger partial charge is 0.455 e. The van der Waals surface area contributed by atoms with Crippen LogP contribution >= 0.6 is 0 Å². The van der Waals surface area contributed by atoms with Gasteiger partial charge in [-0.15, -0.1) is 0 Å². The molecule has 0 aliphatic heterocycles. The lowest BCUT2D eigenvalue weighted by atomic mass is 10.2. The molecule has 0 spiro atoms. The Bertz CT molecular complexity index is 523. The maximum atomic E-state index is 5.94. The highest BCUT2D eigenvalue weighted by Gasteiger charge is 2.04. The average Bonchev–Trinajstić information content (AvgIpc) is 2.50. The third-order valence-electron chi connectivity index (χ3n) is 3.17. The molecule has 0 fully saturated rings. The molecule has 1 aromatic heterocycles. The zero-order valence-corrected chi connectivity index (χ0v) is 12.2. The molecule has 2 rings (SSSR count). The Morgan fingerprint density at radius 1 is 1.10 bits per heavy atom. The predicted molar refractivity (Wildman–Crippen MR) is 82.1 cm³/mol. The lowest BCUT2D eigenvalue weighted by Crippen LogP contribution is -2.14. The number of aromatic nitrogens is 1. The van der Waals surface area contributed by atoms with Gasteiger partial charge in [-0.1, -0.05) is 26.0 Å². The summed E-state index contributed by atoms with van der Waals surface area (Å²) in [7, 11) is 0. The maximum Gasteiger partial charge on any atom is 0.150 e. The van der Waals surface area contributed by atoms with Crippen molar-refractivity contribution in [1.82, 2.24) is 10.3 Å². The number of rotatable bonds is 7. The van der Waals surface area contributed by atoms with Gasteiger partial charge in [-0.25, -0.2) is 0 Å². The predicted octanol–water partition coefficient (Wildman–Crippen LogP) is 3.94. The van der Waals surface area contributed by atoms with Gasteiger partial charge < -0.3 is 10.1 Å². The van der Waals surface area contributed by atoms with E-state index in [2.05, 4.69) is 36.3 Å². The second-order valence-electron chi connectivity index (χ2n) is 4.76. The van der Waals surface area contributed by atoms with E-state index in [1.165, 1.54) is 5.56 Å². The van der Waals surface area contributed by atoms with E-state index >= 15 is 0 Å². The highest BCUT2D eigenvalue weighted by atomic mass is 16.5. The van der Waals surface area contributed by atoms with Crippen LogP contribution in [0.3, 0.4) is 0 Å². The number of pyridine rings is 1. The van der Waals surface area contributed by atoms with Crippen LogP contribution in [0.2, 0.25) is 0 Å². The van der Waals surface area contributed by atoms with Crippen molar-refractivity contribution in [3.05, 3.63) is 53.9 Å². The van der Waals surface area contributed by atoms with Gasteiger partial charge in [0.05, 0.1) is 6.20 Å². The molecule has 0 amide bonds. The molecule has 0 aliphatic rings. The van der Waals surface area contributed by atoms with Crippen molar-refractivity contribution in [3.8, 4) is 11.5 Å². The van der Waals surface area contributed by atoms with E-state index < -0.39 is 0 Å². The van der Waals surface area contributed by atoms with Gasteiger partial charge in [0.15, 0.2) is 0 Å². The molecule has 20 heavy (non-hydrogen) atoms. The van der Waals surface area contributed by atoms with Crippen molar-refractivity contribution in [2.75, 3.05) is 6.54 Å². The molecular weight excluding hydrogens is 248 g/mol. The van der Waals surface area contributed by atoms with Gasteiger partial charge in [-0.05, 0) is 43.1 Å². The summed E-state index contributed by atoms with van der Waals surface area (Å²) < 4.78 is 5.94. The van der Waals surface area contributed by atoms with Gasteiger partial charge >= 0.3 is 0 Å². The number of benzene rings is 1. The topological polar surface area (TPSA) is 34.2 Å². The first-order valence-electron chi connectivity index (χ1n) is 7.24. The minimum atomic E-state index is 0.804. The Morgan fingerprint density at radius 2 is 1.90 bits per heavy atom. The number of hydrogen-bond donors (Lipinski definition) is 1. The molecular formula is C17H22N2O. The van der Waals surface area contributed by atoms with E-state index in [9.17, 15) is 0 Å². The smallest absolute Gasteiger partial charge is 0.150 e. The molecule has 1 heterocycles. The van der Waals surface area contributed by atoms with Crippen molar-refractivity contribution in [1.29, 1.82) is 0 Å². The van der Waals surface area contributed by atoms with Crippen LogP contribution in [0.4, 0.5) is 0 Å². The fraction of sp³-hybridized carbons (Fsp3) is 0.353. The normalized spacial score (nSPS) is 10.5. The van der Waals surface area contributed by atoms with E-state index in [1.807, 2.05) is 18.2 Å². The summed E-state index contributed by atoms with van der Waals surface area (Å²) in [5, 5.41) is 3.39. The van der Waals surface area contributed by atoms with Gasteiger partial charge in [-0.2, -0.15) is 0 Å². The lowest BCUT2D eigenvalue weighted by Gasteiger charge is -2.11. The summed E-state index contributed by atoms with van der Waals surface area (Å²) in [4.78, 5) is 4.15. The molecule has 0 saturated heterocycles. The molecule has 0 radical (unpaired) electrons. The first-order chi connectivity index (χ1) is 9.83. The molecule has 0 unspecified atom stereocenters. The van der Waals surface area contributed by atoms with Gasteiger partial charge in [0, 0.05) is 18.3 Å². The fourth-order valence-corrected chi connectivity index (χ4v) is 1.97. The van der Waals surface area contributed by atoms with Crippen LogP contribution < -0.4 is 10.1 Å². The van der Waals surface area contributed by atoms with Crippen molar-refractivity contribution in [2.45, 2.75) is 33.2 Å². The van der Waals surface area contributed by atoms with Crippen LogP contribution in [-0.2, 0) is 13.0 Å². The molecule has 1 aromatic carbocycles. The van der Waals surface area contributed by atoms with Crippen LogP contribution in [0, 0.1) is 0 Å². The third kappa shape index (κ3) is 4.07. The van der Waals surface area contributed by atoms with Crippen molar-refractivity contribution in [2.24, 2.45) is 0 Å². The highest BCUT2D eigenvalue weighted by molar-refractivity contribution is 5.36. The number of nitrogens with one attached hydrogen (secondary N) is 1. The molecule has 106 valence electrons. The van der Waals surface area contributed by atoms with E-state index in [1.54, 1.807) is 12.4 Å². The van der Waals surface area contributed by atoms with Crippen LogP contribution in [-0.4, -0.2) is 11.5 Å². The monoisotopic (exact) mass is 270 g/mol.